The van der Waals surface area contributed by atoms with Crippen molar-refractivity contribution in [1.82, 2.24) is 4.72 Å². The Morgan fingerprint density at radius 3 is 2.83 bits per heavy atom. The lowest BCUT2D eigenvalue weighted by Gasteiger charge is -1.94. The first-order valence-corrected chi connectivity index (χ1v) is 4.34. The Balaban J connectivity index is 2.62. The summed E-state index contributed by atoms with van der Waals surface area (Å²) in [5.41, 5.74) is 0. The maximum atomic E-state index is 10.5. The number of nitrogens with one attached hydrogen (secondary N) is 1. The zero-order chi connectivity index (χ0) is 8.81. The fourth-order valence-corrected chi connectivity index (χ4v) is 1.15. The monoisotopic (exact) mass is 186 g/mol. The molecule has 0 aliphatic carbocycles. The summed E-state index contributed by atoms with van der Waals surface area (Å²) in [6.07, 6.45) is 9.70. The minimum atomic E-state index is -1.28. The van der Waals surface area contributed by atoms with Gasteiger partial charge in [-0.2, -0.15) is 9.52 Å². The van der Waals surface area contributed by atoms with Gasteiger partial charge in [0.05, 0.1) is 6.20 Å². The van der Waals surface area contributed by atoms with Crippen molar-refractivity contribution in [3.8, 4) is 0 Å². The van der Waals surface area contributed by atoms with Crippen molar-refractivity contribution in [2.75, 3.05) is 0 Å². The predicted molar refractivity (Wildman–Crippen MR) is 47.0 cm³/mol. The number of allylic oxidation sites excluding steroid dienone is 4. The number of hydrogen-bond donors (Lipinski definition) is 2. The van der Waals surface area contributed by atoms with Crippen LogP contribution < -0.4 is 4.72 Å². The van der Waals surface area contributed by atoms with Crippen LogP contribution in [0.1, 0.15) is 0 Å². The molecule has 0 amide bonds. The average molecular weight is 186 g/mol. The van der Waals surface area contributed by atoms with Crippen molar-refractivity contribution >= 4 is 16.7 Å². The van der Waals surface area contributed by atoms with Gasteiger partial charge in [-0.25, -0.2) is 0 Å². The van der Waals surface area contributed by atoms with Gasteiger partial charge >= 0.3 is 16.7 Å². The second kappa shape index (κ2) is 4.50. The van der Waals surface area contributed by atoms with Gasteiger partial charge in [-0.1, -0.05) is 12.2 Å². The van der Waals surface area contributed by atoms with Crippen molar-refractivity contribution in [3.63, 3.8) is 0 Å². The topological polar surface area (TPSA) is 58.6 Å². The largest absolute Gasteiger partial charge is 0.599 e. The lowest BCUT2D eigenvalue weighted by atomic mass is 10.5. The maximum Gasteiger partial charge on any atom is 0.599 e. The Labute approximate surface area is 72.9 Å². The number of rotatable bonds is 0. The molecule has 1 rings (SSSR count). The smallest absolute Gasteiger partial charge is 0.436 e. The molecule has 0 aromatic rings. The van der Waals surface area contributed by atoms with Gasteiger partial charge in [0.1, 0.15) is 0 Å². The Hall–Kier alpha value is -1.36. The van der Waals surface area contributed by atoms with Crippen LogP contribution in [0, 0.1) is 0 Å². The number of hydrogen-bond acceptors (Lipinski definition) is 3. The molecule has 5 heteroatoms. The van der Waals surface area contributed by atoms with Crippen LogP contribution in [-0.4, -0.2) is 10.4 Å². The van der Waals surface area contributed by atoms with E-state index in [1.54, 1.807) is 24.3 Å². The van der Waals surface area contributed by atoms with Crippen LogP contribution in [0.5, 0.6) is 0 Å². The van der Waals surface area contributed by atoms with Crippen LogP contribution in [-0.2, 0) is 15.5 Å². The van der Waals surface area contributed by atoms with E-state index in [-0.39, 0.29) is 0 Å². The molecule has 4 nitrogen and oxygen atoms in total. The molecular formula is C7H8NO3S+. The molecule has 1 unspecified atom stereocenters. The molecule has 0 aromatic heterocycles. The molecule has 12 heavy (non-hydrogen) atoms. The molecule has 2 N–H and O–H groups in total. The fourth-order valence-electron chi connectivity index (χ4n) is 0.537. The Morgan fingerprint density at radius 1 is 1.33 bits per heavy atom. The molecule has 0 saturated heterocycles. The van der Waals surface area contributed by atoms with E-state index in [0.29, 0.717) is 0 Å². The van der Waals surface area contributed by atoms with E-state index in [0.717, 1.165) is 0 Å². The molecule has 1 heterocycles. The third-order valence-corrected chi connectivity index (χ3v) is 1.96. The molecule has 1 atom stereocenters. The molecule has 64 valence electrons. The Bertz CT molecular complexity index is 229. The van der Waals surface area contributed by atoms with Crippen LogP contribution in [0.4, 0.5) is 4.79 Å². The van der Waals surface area contributed by atoms with Crippen molar-refractivity contribution in [2.45, 2.75) is 0 Å². The van der Waals surface area contributed by atoms with E-state index in [1.807, 2.05) is 0 Å². The van der Waals surface area contributed by atoms with Crippen molar-refractivity contribution in [3.05, 3.63) is 36.8 Å². The SMILES string of the molecule is O=C(O)[S+]1NC=CC=CC=CO1. The molecular weight excluding hydrogens is 178 g/mol. The zero-order valence-corrected chi connectivity index (χ0v) is 6.95. The van der Waals surface area contributed by atoms with Crippen LogP contribution in [0.3, 0.4) is 0 Å². The highest BCUT2D eigenvalue weighted by atomic mass is 32.2. The summed E-state index contributed by atoms with van der Waals surface area (Å²) in [4.78, 5) is 10.5. The van der Waals surface area contributed by atoms with Crippen molar-refractivity contribution in [1.29, 1.82) is 0 Å². The van der Waals surface area contributed by atoms with Gasteiger partial charge in [-0.3, -0.25) is 4.18 Å². The first kappa shape index (κ1) is 8.73. The van der Waals surface area contributed by atoms with Crippen LogP contribution in [0.25, 0.3) is 0 Å². The van der Waals surface area contributed by atoms with E-state index in [4.69, 9.17) is 9.29 Å². The van der Waals surface area contributed by atoms with Gasteiger partial charge < -0.3 is 5.11 Å². The fraction of sp³-hybridized carbons (Fsp3) is 0. The van der Waals surface area contributed by atoms with E-state index < -0.39 is 16.7 Å². The summed E-state index contributed by atoms with van der Waals surface area (Å²) >= 11 is -1.28. The lowest BCUT2D eigenvalue weighted by Crippen LogP contribution is -2.26. The maximum absolute atomic E-state index is 10.5. The molecule has 0 saturated carbocycles. The standard InChI is InChI=1S/C7H7NO3S/c9-7(10)12-8-5-3-1-2-4-6-11-12/h1-6,8H/p+1. The average Bonchev–Trinajstić information content (AvgIpc) is 2.15. The summed E-state index contributed by atoms with van der Waals surface area (Å²) in [5.74, 6) is 0. The van der Waals surface area contributed by atoms with E-state index in [9.17, 15) is 4.79 Å². The third-order valence-electron chi connectivity index (χ3n) is 0.994. The van der Waals surface area contributed by atoms with Gasteiger partial charge in [0, 0.05) is 0 Å². The van der Waals surface area contributed by atoms with Gasteiger partial charge in [0.15, 0.2) is 6.26 Å². The van der Waals surface area contributed by atoms with Crippen LogP contribution in [0.2, 0.25) is 0 Å². The van der Waals surface area contributed by atoms with Gasteiger partial charge in [-0.05, 0) is 12.2 Å². The summed E-state index contributed by atoms with van der Waals surface area (Å²) in [6.45, 7) is 0. The summed E-state index contributed by atoms with van der Waals surface area (Å²) in [6, 6.07) is 0. The van der Waals surface area contributed by atoms with E-state index >= 15 is 0 Å². The lowest BCUT2D eigenvalue weighted by molar-refractivity contribution is 0.219. The highest BCUT2D eigenvalue weighted by Crippen LogP contribution is 1.99. The number of carbonyl (C=O) groups is 1. The van der Waals surface area contributed by atoms with Crippen LogP contribution >= 0.6 is 0 Å². The number of carboxylic acid groups (broad SMARTS) is 1. The van der Waals surface area contributed by atoms with Gasteiger partial charge in [0.2, 0.25) is 0 Å². The highest BCUT2D eigenvalue weighted by molar-refractivity contribution is 8.04. The quantitative estimate of drug-likeness (QED) is 0.560. The van der Waals surface area contributed by atoms with Crippen LogP contribution in [0.15, 0.2) is 36.8 Å². The minimum absolute atomic E-state index is 1.02. The van der Waals surface area contributed by atoms with Gasteiger partial charge in [0.25, 0.3) is 0 Å². The molecule has 0 bridgehead atoms. The molecule has 1 aliphatic heterocycles. The van der Waals surface area contributed by atoms with E-state index in [2.05, 4.69) is 4.72 Å². The normalized spacial score (nSPS) is 21.5. The van der Waals surface area contributed by atoms with Gasteiger partial charge in [-0.15, -0.1) is 0 Å². The second-order valence-electron chi connectivity index (χ2n) is 1.82. The first-order chi connectivity index (χ1) is 5.80. The molecule has 1 aliphatic rings. The first-order valence-electron chi connectivity index (χ1n) is 3.19. The summed E-state index contributed by atoms with van der Waals surface area (Å²) in [7, 11) is 0. The molecule has 0 spiro atoms. The summed E-state index contributed by atoms with van der Waals surface area (Å²) < 4.78 is 7.44. The van der Waals surface area contributed by atoms with E-state index in [1.165, 1.54) is 12.5 Å². The minimum Gasteiger partial charge on any atom is -0.436 e. The highest BCUT2D eigenvalue weighted by Gasteiger charge is 2.32. The molecule has 0 fully saturated rings. The Morgan fingerprint density at radius 2 is 2.08 bits per heavy atom. The summed E-state index contributed by atoms with van der Waals surface area (Å²) in [5, 5.41) is 7.56. The predicted octanol–water partition coefficient (Wildman–Crippen LogP) is 1.32. The Kier molecular flexibility index (Phi) is 3.28. The third kappa shape index (κ3) is 2.71. The zero-order valence-electron chi connectivity index (χ0n) is 6.14. The molecule has 0 aromatic carbocycles. The van der Waals surface area contributed by atoms with Crippen molar-refractivity contribution in [2.24, 2.45) is 0 Å². The second-order valence-corrected chi connectivity index (χ2v) is 3.14. The molecule has 0 radical (unpaired) electrons. The van der Waals surface area contributed by atoms with Crippen molar-refractivity contribution < 1.29 is 14.1 Å².